The molecule has 0 aliphatic carbocycles. The predicted octanol–water partition coefficient (Wildman–Crippen LogP) is 5.01. The molecule has 4 heteroatoms. The van der Waals surface area contributed by atoms with Crippen molar-refractivity contribution in [2.75, 3.05) is 12.4 Å². The van der Waals surface area contributed by atoms with Gasteiger partial charge >= 0.3 is 5.97 Å². The van der Waals surface area contributed by atoms with Gasteiger partial charge in [-0.15, -0.1) is 0 Å². The lowest BCUT2D eigenvalue weighted by Crippen LogP contribution is -2.16. The molecular weight excluding hydrogens is 338 g/mol. The number of nitrogens with one attached hydrogen (secondary N) is 1. The Morgan fingerprint density at radius 2 is 1.52 bits per heavy atom. The molecular formula is C23H21NO3. The molecule has 0 aliphatic heterocycles. The molecule has 0 radical (unpaired) electrons. The van der Waals surface area contributed by atoms with E-state index < -0.39 is 5.97 Å². The number of hydrogen-bond donors (Lipinski definition) is 1. The van der Waals surface area contributed by atoms with E-state index in [1.165, 1.54) is 7.11 Å². The van der Waals surface area contributed by atoms with E-state index >= 15 is 0 Å². The van der Waals surface area contributed by atoms with Gasteiger partial charge in [-0.25, -0.2) is 4.79 Å². The van der Waals surface area contributed by atoms with Gasteiger partial charge in [0.1, 0.15) is 0 Å². The molecule has 1 N–H and O–H groups in total. The van der Waals surface area contributed by atoms with Gasteiger partial charge in [-0.05, 0) is 48.7 Å². The number of aryl methyl sites for hydroxylation is 2. The molecule has 0 aliphatic rings. The van der Waals surface area contributed by atoms with E-state index in [2.05, 4.69) is 5.32 Å². The van der Waals surface area contributed by atoms with Crippen LogP contribution in [-0.4, -0.2) is 19.0 Å². The molecule has 3 rings (SSSR count). The van der Waals surface area contributed by atoms with Crippen molar-refractivity contribution in [1.29, 1.82) is 0 Å². The number of benzene rings is 3. The van der Waals surface area contributed by atoms with Crippen molar-refractivity contribution in [3.8, 4) is 11.1 Å². The molecule has 27 heavy (non-hydrogen) atoms. The van der Waals surface area contributed by atoms with Crippen LogP contribution in [0.5, 0.6) is 0 Å². The minimum Gasteiger partial charge on any atom is -0.465 e. The van der Waals surface area contributed by atoms with Crippen LogP contribution in [-0.2, 0) is 4.74 Å². The zero-order valence-electron chi connectivity index (χ0n) is 15.6. The standard InChI is InChI=1S/C23H21NO3/c1-15-9-11-19(16(2)13-15)22(25)24-21-14-18(17-7-5-4-6-8-17)10-12-20(21)23(26)27-3/h4-14H,1-3H3,(H,24,25). The quantitative estimate of drug-likeness (QED) is 0.666. The van der Waals surface area contributed by atoms with Crippen molar-refractivity contribution in [3.05, 3.63) is 89.0 Å². The summed E-state index contributed by atoms with van der Waals surface area (Å²) in [5, 5.41) is 2.87. The Kier molecular flexibility index (Phi) is 5.36. The second kappa shape index (κ2) is 7.87. The summed E-state index contributed by atoms with van der Waals surface area (Å²) in [4.78, 5) is 24.9. The SMILES string of the molecule is COC(=O)c1ccc(-c2ccccc2)cc1NC(=O)c1ccc(C)cc1C. The summed E-state index contributed by atoms with van der Waals surface area (Å²) in [5.74, 6) is -0.756. The zero-order valence-corrected chi connectivity index (χ0v) is 15.6. The maximum Gasteiger partial charge on any atom is 0.339 e. The average Bonchev–Trinajstić information content (AvgIpc) is 2.68. The Hall–Kier alpha value is -3.40. The maximum atomic E-state index is 12.8. The second-order valence-electron chi connectivity index (χ2n) is 6.39. The van der Waals surface area contributed by atoms with Crippen molar-refractivity contribution >= 4 is 17.6 Å². The first-order chi connectivity index (χ1) is 13.0. The zero-order chi connectivity index (χ0) is 19.4. The molecule has 0 saturated carbocycles. The van der Waals surface area contributed by atoms with Gasteiger partial charge in [0.15, 0.2) is 0 Å². The van der Waals surface area contributed by atoms with E-state index in [1.54, 1.807) is 18.2 Å². The van der Waals surface area contributed by atoms with E-state index in [4.69, 9.17) is 4.74 Å². The number of anilines is 1. The highest BCUT2D eigenvalue weighted by Gasteiger charge is 2.17. The summed E-state index contributed by atoms with van der Waals surface area (Å²) in [7, 11) is 1.32. The van der Waals surface area contributed by atoms with Crippen LogP contribution in [0.25, 0.3) is 11.1 Å². The fourth-order valence-electron chi connectivity index (χ4n) is 3.00. The van der Waals surface area contributed by atoms with Crippen LogP contribution >= 0.6 is 0 Å². The van der Waals surface area contributed by atoms with Crippen molar-refractivity contribution in [2.45, 2.75) is 13.8 Å². The molecule has 3 aromatic rings. The highest BCUT2D eigenvalue weighted by Crippen LogP contribution is 2.27. The average molecular weight is 359 g/mol. The van der Waals surface area contributed by atoms with Crippen LogP contribution in [0.2, 0.25) is 0 Å². The number of ether oxygens (including phenoxy) is 1. The van der Waals surface area contributed by atoms with Crippen LogP contribution in [0.3, 0.4) is 0 Å². The Morgan fingerprint density at radius 1 is 0.815 bits per heavy atom. The third-order valence-electron chi connectivity index (χ3n) is 4.41. The summed E-state index contributed by atoms with van der Waals surface area (Å²) >= 11 is 0. The number of methoxy groups -OCH3 is 1. The third-order valence-corrected chi connectivity index (χ3v) is 4.41. The van der Waals surface area contributed by atoms with E-state index in [0.717, 1.165) is 22.3 Å². The van der Waals surface area contributed by atoms with Crippen LogP contribution in [0.15, 0.2) is 66.7 Å². The van der Waals surface area contributed by atoms with Crippen molar-refractivity contribution in [3.63, 3.8) is 0 Å². The lowest BCUT2D eigenvalue weighted by atomic mass is 10.0. The molecule has 0 atom stereocenters. The van der Waals surface area contributed by atoms with Crippen molar-refractivity contribution in [2.24, 2.45) is 0 Å². The number of carbonyl (C=O) groups is 2. The lowest BCUT2D eigenvalue weighted by molar-refractivity contribution is 0.0602. The number of amides is 1. The monoisotopic (exact) mass is 359 g/mol. The molecule has 0 bridgehead atoms. The molecule has 0 saturated heterocycles. The summed E-state index contributed by atoms with van der Waals surface area (Å²) in [6.07, 6.45) is 0. The van der Waals surface area contributed by atoms with Crippen LogP contribution in [0.1, 0.15) is 31.8 Å². The van der Waals surface area contributed by atoms with E-state index in [-0.39, 0.29) is 5.91 Å². The Balaban J connectivity index is 2.00. The Labute approximate surface area is 158 Å². The van der Waals surface area contributed by atoms with Crippen LogP contribution < -0.4 is 5.32 Å². The van der Waals surface area contributed by atoms with E-state index in [1.807, 2.05) is 62.4 Å². The van der Waals surface area contributed by atoms with E-state index in [9.17, 15) is 9.59 Å². The predicted molar refractivity (Wildman–Crippen MR) is 107 cm³/mol. The lowest BCUT2D eigenvalue weighted by Gasteiger charge is -2.13. The largest absolute Gasteiger partial charge is 0.465 e. The summed E-state index contributed by atoms with van der Waals surface area (Å²) in [6, 6.07) is 20.7. The van der Waals surface area contributed by atoms with Gasteiger partial charge in [-0.1, -0.05) is 54.1 Å². The molecule has 0 unspecified atom stereocenters. The Morgan fingerprint density at radius 3 is 2.19 bits per heavy atom. The van der Waals surface area contributed by atoms with Crippen LogP contribution in [0, 0.1) is 13.8 Å². The first kappa shape index (κ1) is 18.4. The van der Waals surface area contributed by atoms with Gasteiger partial charge in [-0.3, -0.25) is 4.79 Å². The van der Waals surface area contributed by atoms with Gasteiger partial charge in [0.05, 0.1) is 18.4 Å². The molecule has 0 heterocycles. The topological polar surface area (TPSA) is 55.4 Å². The van der Waals surface area contributed by atoms with Crippen molar-refractivity contribution < 1.29 is 14.3 Å². The summed E-state index contributed by atoms with van der Waals surface area (Å²) in [5.41, 5.74) is 5.18. The minimum absolute atomic E-state index is 0.261. The highest BCUT2D eigenvalue weighted by atomic mass is 16.5. The molecule has 0 fully saturated rings. The molecule has 1 amide bonds. The molecule has 4 nitrogen and oxygen atoms in total. The van der Waals surface area contributed by atoms with Gasteiger partial charge in [0, 0.05) is 5.56 Å². The number of carbonyl (C=O) groups excluding carboxylic acids is 2. The van der Waals surface area contributed by atoms with Gasteiger partial charge in [-0.2, -0.15) is 0 Å². The number of hydrogen-bond acceptors (Lipinski definition) is 3. The fourth-order valence-corrected chi connectivity index (χ4v) is 3.00. The molecule has 136 valence electrons. The second-order valence-corrected chi connectivity index (χ2v) is 6.39. The van der Waals surface area contributed by atoms with Crippen LogP contribution in [0.4, 0.5) is 5.69 Å². The number of rotatable bonds is 4. The molecule has 3 aromatic carbocycles. The van der Waals surface area contributed by atoms with Crippen molar-refractivity contribution in [1.82, 2.24) is 0 Å². The first-order valence-corrected chi connectivity index (χ1v) is 8.66. The highest BCUT2D eigenvalue weighted by molar-refractivity contribution is 6.09. The third kappa shape index (κ3) is 4.06. The van der Waals surface area contributed by atoms with E-state index in [0.29, 0.717) is 16.8 Å². The Bertz CT molecular complexity index is 994. The van der Waals surface area contributed by atoms with Gasteiger partial charge < -0.3 is 10.1 Å². The molecule has 0 aromatic heterocycles. The summed E-state index contributed by atoms with van der Waals surface area (Å²) < 4.78 is 4.86. The fraction of sp³-hybridized carbons (Fsp3) is 0.130. The van der Waals surface area contributed by atoms with Gasteiger partial charge in [0.2, 0.25) is 0 Å². The minimum atomic E-state index is -0.495. The normalized spacial score (nSPS) is 10.3. The van der Waals surface area contributed by atoms with Gasteiger partial charge in [0.25, 0.3) is 5.91 Å². The maximum absolute atomic E-state index is 12.8. The number of esters is 1. The first-order valence-electron chi connectivity index (χ1n) is 8.66. The molecule has 0 spiro atoms. The summed E-state index contributed by atoms with van der Waals surface area (Å²) in [6.45, 7) is 3.87. The smallest absolute Gasteiger partial charge is 0.339 e.